The molecule has 2 aromatic rings. The highest BCUT2D eigenvalue weighted by atomic mass is 16.2. The second-order valence-electron chi connectivity index (χ2n) is 3.92. The topological polar surface area (TPSA) is 46.9 Å². The van der Waals surface area contributed by atoms with Crippen LogP contribution in [0.1, 0.15) is 17.4 Å². The lowest BCUT2D eigenvalue weighted by molar-refractivity contribution is 0.0907. The Balaban J connectivity index is 2.32. The van der Waals surface area contributed by atoms with Crippen molar-refractivity contribution in [2.75, 3.05) is 0 Å². The van der Waals surface area contributed by atoms with Gasteiger partial charge in [0.05, 0.1) is 11.0 Å². The Labute approximate surface area is 86.9 Å². The van der Waals surface area contributed by atoms with Gasteiger partial charge in [0, 0.05) is 18.8 Å². The summed E-state index contributed by atoms with van der Waals surface area (Å²) in [5.41, 5.74) is 2.63. The van der Waals surface area contributed by atoms with Gasteiger partial charge < -0.3 is 9.88 Å². The van der Waals surface area contributed by atoms with Gasteiger partial charge in [-0.2, -0.15) is 0 Å². The number of carbonyl (C=O) groups is 1. The normalized spacial score (nSPS) is 20.1. The molecule has 0 saturated carbocycles. The minimum absolute atomic E-state index is 0.00764. The van der Waals surface area contributed by atoms with E-state index < -0.39 is 0 Å². The summed E-state index contributed by atoms with van der Waals surface area (Å²) in [6.07, 6.45) is 1.75. The number of aromatic nitrogens is 2. The molecule has 15 heavy (non-hydrogen) atoms. The molecule has 0 aliphatic carbocycles. The van der Waals surface area contributed by atoms with E-state index in [9.17, 15) is 4.79 Å². The number of nitrogens with one attached hydrogen (secondary N) is 1. The lowest BCUT2D eigenvalue weighted by Crippen LogP contribution is -2.42. The second kappa shape index (κ2) is 2.82. The van der Waals surface area contributed by atoms with Gasteiger partial charge in [0.15, 0.2) is 0 Å². The third-order valence-corrected chi connectivity index (χ3v) is 2.74. The first kappa shape index (κ1) is 8.47. The fourth-order valence-corrected chi connectivity index (χ4v) is 2.09. The van der Waals surface area contributed by atoms with E-state index in [-0.39, 0.29) is 11.9 Å². The molecule has 0 saturated heterocycles. The van der Waals surface area contributed by atoms with E-state index in [1.54, 1.807) is 6.20 Å². The van der Waals surface area contributed by atoms with Crippen molar-refractivity contribution in [1.29, 1.82) is 0 Å². The van der Waals surface area contributed by atoms with E-state index in [1.165, 1.54) is 0 Å². The summed E-state index contributed by atoms with van der Waals surface area (Å²) >= 11 is 0. The van der Waals surface area contributed by atoms with E-state index in [0.29, 0.717) is 5.69 Å². The summed E-state index contributed by atoms with van der Waals surface area (Å²) in [6, 6.07) is 5.92. The quantitative estimate of drug-likeness (QED) is 0.695. The predicted octanol–water partition coefficient (Wildman–Crippen LogP) is 1.17. The average Bonchev–Trinajstić information content (AvgIpc) is 2.57. The molecule has 2 aromatic heterocycles. The van der Waals surface area contributed by atoms with Crippen molar-refractivity contribution in [3.05, 3.63) is 30.1 Å². The highest BCUT2D eigenvalue weighted by Crippen LogP contribution is 2.20. The Kier molecular flexibility index (Phi) is 1.59. The Morgan fingerprint density at radius 1 is 1.60 bits per heavy atom. The SMILES string of the molecule is C[C@@H]1Cn2c(cc3ncccc32)C(=O)N1. The van der Waals surface area contributed by atoms with Crippen molar-refractivity contribution in [1.82, 2.24) is 14.9 Å². The maximum atomic E-state index is 11.7. The average molecular weight is 201 g/mol. The zero-order chi connectivity index (χ0) is 10.4. The van der Waals surface area contributed by atoms with Crippen LogP contribution in [0, 0.1) is 0 Å². The number of hydrogen-bond acceptors (Lipinski definition) is 2. The van der Waals surface area contributed by atoms with E-state index in [1.807, 2.05) is 29.7 Å². The smallest absolute Gasteiger partial charge is 0.268 e. The first-order valence-corrected chi connectivity index (χ1v) is 5.01. The third-order valence-electron chi connectivity index (χ3n) is 2.74. The zero-order valence-electron chi connectivity index (χ0n) is 8.40. The molecule has 3 heterocycles. The van der Waals surface area contributed by atoms with Crippen LogP contribution in [0.2, 0.25) is 0 Å². The number of rotatable bonds is 0. The van der Waals surface area contributed by atoms with Gasteiger partial charge in [0.2, 0.25) is 0 Å². The van der Waals surface area contributed by atoms with Crippen LogP contribution < -0.4 is 5.32 Å². The van der Waals surface area contributed by atoms with E-state index in [4.69, 9.17) is 0 Å². The molecule has 0 aromatic carbocycles. The lowest BCUT2D eigenvalue weighted by Gasteiger charge is -2.22. The number of amides is 1. The number of nitrogens with zero attached hydrogens (tertiary/aromatic N) is 2. The highest BCUT2D eigenvalue weighted by Gasteiger charge is 2.23. The molecule has 0 radical (unpaired) electrons. The van der Waals surface area contributed by atoms with Crippen LogP contribution >= 0.6 is 0 Å². The molecule has 0 unspecified atom stereocenters. The molecule has 0 bridgehead atoms. The summed E-state index contributed by atoms with van der Waals surface area (Å²) in [5.74, 6) is -0.00764. The molecule has 1 amide bonds. The molecule has 4 heteroatoms. The van der Waals surface area contributed by atoms with Gasteiger partial charge in [0.1, 0.15) is 5.69 Å². The Hall–Kier alpha value is -1.84. The summed E-state index contributed by atoms with van der Waals surface area (Å²) in [5, 5.41) is 2.91. The second-order valence-corrected chi connectivity index (χ2v) is 3.92. The van der Waals surface area contributed by atoms with Gasteiger partial charge in [-0.15, -0.1) is 0 Å². The van der Waals surface area contributed by atoms with Crippen molar-refractivity contribution >= 4 is 16.9 Å². The fourth-order valence-electron chi connectivity index (χ4n) is 2.09. The molecular weight excluding hydrogens is 190 g/mol. The molecule has 76 valence electrons. The van der Waals surface area contributed by atoms with Crippen molar-refractivity contribution in [2.24, 2.45) is 0 Å². The van der Waals surface area contributed by atoms with E-state index in [2.05, 4.69) is 10.3 Å². The van der Waals surface area contributed by atoms with Crippen molar-refractivity contribution in [2.45, 2.75) is 19.5 Å². The molecule has 1 aliphatic rings. The maximum absolute atomic E-state index is 11.7. The van der Waals surface area contributed by atoms with Crippen LogP contribution in [-0.2, 0) is 6.54 Å². The van der Waals surface area contributed by atoms with Crippen LogP contribution in [0.15, 0.2) is 24.4 Å². The van der Waals surface area contributed by atoms with Crippen LogP contribution in [0.5, 0.6) is 0 Å². The summed E-state index contributed by atoms with van der Waals surface area (Å²) in [4.78, 5) is 16.0. The summed E-state index contributed by atoms with van der Waals surface area (Å²) < 4.78 is 2.03. The van der Waals surface area contributed by atoms with Crippen molar-refractivity contribution < 1.29 is 4.79 Å². The molecule has 1 N–H and O–H groups in total. The third kappa shape index (κ3) is 1.14. The Morgan fingerprint density at radius 3 is 3.33 bits per heavy atom. The molecular formula is C11H11N3O. The van der Waals surface area contributed by atoms with Gasteiger partial charge in [-0.3, -0.25) is 9.78 Å². The number of fused-ring (bicyclic) bond motifs is 3. The zero-order valence-corrected chi connectivity index (χ0v) is 8.40. The van der Waals surface area contributed by atoms with Gasteiger partial charge in [-0.05, 0) is 25.1 Å². The molecule has 4 nitrogen and oxygen atoms in total. The minimum atomic E-state index is -0.00764. The predicted molar refractivity (Wildman–Crippen MR) is 56.7 cm³/mol. The highest BCUT2D eigenvalue weighted by molar-refractivity contribution is 5.98. The monoisotopic (exact) mass is 201 g/mol. The largest absolute Gasteiger partial charge is 0.347 e. The Bertz CT molecular complexity index is 544. The van der Waals surface area contributed by atoms with Crippen LogP contribution in [-0.4, -0.2) is 21.5 Å². The van der Waals surface area contributed by atoms with Gasteiger partial charge in [0.25, 0.3) is 5.91 Å². The standard InChI is InChI=1S/C11H11N3O/c1-7-6-14-9-3-2-4-12-8(9)5-10(14)11(15)13-7/h2-5,7H,6H2,1H3,(H,13,15)/t7-/m1/s1. The minimum Gasteiger partial charge on any atom is -0.347 e. The van der Waals surface area contributed by atoms with Gasteiger partial charge in [-0.25, -0.2) is 0 Å². The number of hydrogen-bond donors (Lipinski definition) is 1. The van der Waals surface area contributed by atoms with Gasteiger partial charge >= 0.3 is 0 Å². The summed E-state index contributed by atoms with van der Waals surface area (Å²) in [7, 11) is 0. The Morgan fingerprint density at radius 2 is 2.47 bits per heavy atom. The first-order chi connectivity index (χ1) is 7.25. The molecule has 0 fully saturated rings. The summed E-state index contributed by atoms with van der Waals surface area (Å²) in [6.45, 7) is 2.82. The van der Waals surface area contributed by atoms with Crippen LogP contribution in [0.25, 0.3) is 11.0 Å². The van der Waals surface area contributed by atoms with Crippen LogP contribution in [0.4, 0.5) is 0 Å². The maximum Gasteiger partial charge on any atom is 0.268 e. The molecule has 1 aliphatic heterocycles. The fraction of sp³-hybridized carbons (Fsp3) is 0.273. The van der Waals surface area contributed by atoms with Gasteiger partial charge in [-0.1, -0.05) is 0 Å². The number of carbonyl (C=O) groups excluding carboxylic acids is 1. The van der Waals surface area contributed by atoms with E-state index >= 15 is 0 Å². The molecule has 3 rings (SSSR count). The van der Waals surface area contributed by atoms with Crippen molar-refractivity contribution in [3.63, 3.8) is 0 Å². The first-order valence-electron chi connectivity index (χ1n) is 5.01. The molecule has 1 atom stereocenters. The molecule has 0 spiro atoms. The number of pyridine rings is 1. The van der Waals surface area contributed by atoms with E-state index in [0.717, 1.165) is 17.6 Å². The lowest BCUT2D eigenvalue weighted by atomic mass is 10.2. The van der Waals surface area contributed by atoms with Crippen molar-refractivity contribution in [3.8, 4) is 0 Å². The van der Waals surface area contributed by atoms with Crippen LogP contribution in [0.3, 0.4) is 0 Å².